The molecule has 0 aromatic heterocycles. The Morgan fingerprint density at radius 3 is 2.57 bits per heavy atom. The molecule has 0 aliphatic heterocycles. The van der Waals surface area contributed by atoms with E-state index in [4.69, 9.17) is 16.3 Å². The van der Waals surface area contributed by atoms with Crippen molar-refractivity contribution in [1.82, 2.24) is 0 Å². The van der Waals surface area contributed by atoms with Crippen molar-refractivity contribution in [2.75, 3.05) is 11.3 Å². The van der Waals surface area contributed by atoms with E-state index in [9.17, 15) is 12.8 Å². The van der Waals surface area contributed by atoms with Gasteiger partial charge in [0.15, 0.2) is 0 Å². The molecule has 2 aromatic rings. The molecule has 0 atom stereocenters. The first-order valence-electron chi connectivity index (χ1n) is 6.13. The second-order valence-corrected chi connectivity index (χ2v) is 6.20. The maximum atomic E-state index is 13.5. The third-order valence-electron chi connectivity index (χ3n) is 2.63. The highest BCUT2D eigenvalue weighted by Gasteiger charge is 2.17. The fourth-order valence-electron chi connectivity index (χ4n) is 1.67. The molecular weight excluding hydrogens is 317 g/mol. The third kappa shape index (κ3) is 3.65. The lowest BCUT2D eigenvalue weighted by Crippen LogP contribution is -2.14. The van der Waals surface area contributed by atoms with Crippen LogP contribution in [0.3, 0.4) is 0 Å². The van der Waals surface area contributed by atoms with Crippen LogP contribution in [-0.2, 0) is 10.0 Å². The van der Waals surface area contributed by atoms with Gasteiger partial charge in [0.2, 0.25) is 0 Å². The molecule has 4 nitrogen and oxygen atoms in total. The van der Waals surface area contributed by atoms with Crippen molar-refractivity contribution in [3.05, 3.63) is 53.3 Å². The Morgan fingerprint density at radius 2 is 1.95 bits per heavy atom. The van der Waals surface area contributed by atoms with Crippen LogP contribution in [-0.4, -0.2) is 15.0 Å². The number of rotatable bonds is 5. The SMILES string of the molecule is CCOc1ccc(S(=O)(=O)Nc2ccccc2F)cc1Cl. The van der Waals surface area contributed by atoms with Crippen LogP contribution in [0.5, 0.6) is 5.75 Å². The Hall–Kier alpha value is -1.79. The molecule has 0 saturated carbocycles. The Kier molecular flexibility index (Phi) is 4.69. The van der Waals surface area contributed by atoms with Crippen LogP contribution in [0.15, 0.2) is 47.4 Å². The summed E-state index contributed by atoms with van der Waals surface area (Å²) in [5.74, 6) is -0.262. The zero-order chi connectivity index (χ0) is 15.5. The molecule has 0 aliphatic rings. The van der Waals surface area contributed by atoms with Gasteiger partial charge in [-0.05, 0) is 37.3 Å². The van der Waals surface area contributed by atoms with Crippen LogP contribution in [0.4, 0.5) is 10.1 Å². The predicted octanol–water partition coefficient (Wildman–Crippen LogP) is 3.68. The number of nitrogens with one attached hydrogen (secondary N) is 1. The molecule has 0 amide bonds. The maximum Gasteiger partial charge on any atom is 0.262 e. The van der Waals surface area contributed by atoms with Gasteiger partial charge in [-0.15, -0.1) is 0 Å². The average Bonchev–Trinajstić information content (AvgIpc) is 2.43. The molecule has 112 valence electrons. The molecule has 0 aliphatic carbocycles. The zero-order valence-corrected chi connectivity index (χ0v) is 12.7. The highest BCUT2D eigenvalue weighted by atomic mass is 35.5. The van der Waals surface area contributed by atoms with Crippen LogP contribution in [0, 0.1) is 5.82 Å². The first-order chi connectivity index (χ1) is 9.94. The number of para-hydroxylation sites is 1. The molecule has 0 bridgehead atoms. The summed E-state index contributed by atoms with van der Waals surface area (Å²) < 4.78 is 45.3. The van der Waals surface area contributed by atoms with Crippen molar-refractivity contribution in [1.29, 1.82) is 0 Å². The van der Waals surface area contributed by atoms with Gasteiger partial charge >= 0.3 is 0 Å². The van der Waals surface area contributed by atoms with Gasteiger partial charge in [-0.25, -0.2) is 12.8 Å². The molecule has 0 saturated heterocycles. The van der Waals surface area contributed by atoms with Crippen molar-refractivity contribution in [2.45, 2.75) is 11.8 Å². The highest BCUT2D eigenvalue weighted by molar-refractivity contribution is 7.92. The number of sulfonamides is 1. The normalized spacial score (nSPS) is 11.2. The number of halogens is 2. The molecule has 0 heterocycles. The molecule has 0 unspecified atom stereocenters. The van der Waals surface area contributed by atoms with Crippen molar-refractivity contribution in [3.8, 4) is 5.75 Å². The average molecular weight is 330 g/mol. The molecular formula is C14H13ClFNO3S. The minimum atomic E-state index is -3.92. The minimum absolute atomic E-state index is 0.0702. The summed E-state index contributed by atoms with van der Waals surface area (Å²) in [6, 6.07) is 9.58. The van der Waals surface area contributed by atoms with Gasteiger partial charge in [0, 0.05) is 0 Å². The number of benzene rings is 2. The number of anilines is 1. The quantitative estimate of drug-likeness (QED) is 0.910. The summed E-state index contributed by atoms with van der Waals surface area (Å²) in [5.41, 5.74) is -0.123. The molecule has 0 radical (unpaired) electrons. The molecule has 21 heavy (non-hydrogen) atoms. The molecule has 0 spiro atoms. The van der Waals surface area contributed by atoms with Crippen LogP contribution in [0.25, 0.3) is 0 Å². The van der Waals surface area contributed by atoms with Crippen LogP contribution < -0.4 is 9.46 Å². The number of hydrogen-bond acceptors (Lipinski definition) is 3. The van der Waals surface area contributed by atoms with E-state index in [0.29, 0.717) is 12.4 Å². The summed E-state index contributed by atoms with van der Waals surface area (Å²) in [4.78, 5) is -0.0702. The molecule has 2 aromatic carbocycles. The van der Waals surface area contributed by atoms with Gasteiger partial charge in [0.25, 0.3) is 10.0 Å². The topological polar surface area (TPSA) is 55.4 Å². The van der Waals surface area contributed by atoms with Gasteiger partial charge in [-0.1, -0.05) is 23.7 Å². The molecule has 7 heteroatoms. The van der Waals surface area contributed by atoms with E-state index in [1.165, 1.54) is 42.5 Å². The van der Waals surface area contributed by atoms with E-state index < -0.39 is 15.8 Å². The molecule has 2 rings (SSSR count). The molecule has 0 fully saturated rings. The van der Waals surface area contributed by atoms with Gasteiger partial charge in [0.05, 0.1) is 22.2 Å². The third-order valence-corrected chi connectivity index (χ3v) is 4.29. The van der Waals surface area contributed by atoms with Crippen LogP contribution in [0.2, 0.25) is 5.02 Å². The van der Waals surface area contributed by atoms with E-state index in [2.05, 4.69) is 4.72 Å². The highest BCUT2D eigenvalue weighted by Crippen LogP contribution is 2.28. The minimum Gasteiger partial charge on any atom is -0.492 e. The maximum absolute atomic E-state index is 13.5. The monoisotopic (exact) mass is 329 g/mol. The Morgan fingerprint density at radius 1 is 1.24 bits per heavy atom. The standard InChI is InChI=1S/C14H13ClFNO3S/c1-2-20-14-8-7-10(9-11(14)15)21(18,19)17-13-6-4-3-5-12(13)16/h3-9,17H,2H2,1H3. The largest absolute Gasteiger partial charge is 0.492 e. The summed E-state index contributed by atoms with van der Waals surface area (Å²) in [7, 11) is -3.92. The Bertz CT molecular complexity index is 750. The Balaban J connectivity index is 2.32. The van der Waals surface area contributed by atoms with E-state index in [-0.39, 0.29) is 15.6 Å². The Labute approximate surface area is 127 Å². The van der Waals surface area contributed by atoms with E-state index in [1.807, 2.05) is 0 Å². The fraction of sp³-hybridized carbons (Fsp3) is 0.143. The lowest BCUT2D eigenvalue weighted by Gasteiger charge is -2.11. The van der Waals surface area contributed by atoms with Gasteiger partial charge in [-0.2, -0.15) is 0 Å². The summed E-state index contributed by atoms with van der Waals surface area (Å²) in [5, 5.41) is 0.174. The van der Waals surface area contributed by atoms with Crippen molar-refractivity contribution < 1.29 is 17.5 Å². The van der Waals surface area contributed by atoms with Crippen molar-refractivity contribution >= 4 is 27.3 Å². The summed E-state index contributed by atoms with van der Waals surface area (Å²) in [6.07, 6.45) is 0. The summed E-state index contributed by atoms with van der Waals surface area (Å²) >= 11 is 5.96. The fourth-order valence-corrected chi connectivity index (χ4v) is 3.06. The van der Waals surface area contributed by atoms with Gasteiger partial charge < -0.3 is 4.74 Å². The second-order valence-electron chi connectivity index (χ2n) is 4.11. The molecule has 1 N–H and O–H groups in total. The zero-order valence-electron chi connectivity index (χ0n) is 11.1. The van der Waals surface area contributed by atoms with Gasteiger partial charge in [0.1, 0.15) is 11.6 Å². The van der Waals surface area contributed by atoms with Crippen LogP contribution in [0.1, 0.15) is 6.92 Å². The van der Waals surface area contributed by atoms with Crippen molar-refractivity contribution in [3.63, 3.8) is 0 Å². The number of hydrogen-bond donors (Lipinski definition) is 1. The first-order valence-corrected chi connectivity index (χ1v) is 8.00. The van der Waals surface area contributed by atoms with Crippen molar-refractivity contribution in [2.24, 2.45) is 0 Å². The van der Waals surface area contributed by atoms with Crippen LogP contribution >= 0.6 is 11.6 Å². The van der Waals surface area contributed by atoms with E-state index in [1.54, 1.807) is 6.92 Å². The second kappa shape index (κ2) is 6.32. The van der Waals surface area contributed by atoms with Gasteiger partial charge in [-0.3, -0.25) is 4.72 Å². The lowest BCUT2D eigenvalue weighted by molar-refractivity contribution is 0.340. The smallest absolute Gasteiger partial charge is 0.262 e. The van der Waals surface area contributed by atoms with E-state index in [0.717, 1.165) is 0 Å². The number of ether oxygens (including phenoxy) is 1. The predicted molar refractivity (Wildman–Crippen MR) is 79.8 cm³/mol. The van der Waals surface area contributed by atoms with E-state index >= 15 is 0 Å². The first kappa shape index (κ1) is 15.6. The lowest BCUT2D eigenvalue weighted by atomic mass is 10.3. The summed E-state index contributed by atoms with van der Waals surface area (Å²) in [6.45, 7) is 2.21.